The second-order valence-corrected chi connectivity index (χ2v) is 6.69. The van der Waals surface area contributed by atoms with Crippen LogP contribution >= 0.6 is 0 Å². The molecule has 0 fully saturated rings. The van der Waals surface area contributed by atoms with E-state index < -0.39 is 0 Å². The molecule has 1 unspecified atom stereocenters. The minimum absolute atomic E-state index is 0.280. The van der Waals surface area contributed by atoms with E-state index in [0.29, 0.717) is 39.7 Å². The van der Waals surface area contributed by atoms with Crippen LogP contribution in [-0.4, -0.2) is 41.6 Å². The van der Waals surface area contributed by atoms with E-state index in [1.54, 1.807) is 31.8 Å². The number of halogens is 1. The zero-order chi connectivity index (χ0) is 20.7. The summed E-state index contributed by atoms with van der Waals surface area (Å²) in [5.74, 6) is 1.39. The van der Waals surface area contributed by atoms with Crippen molar-refractivity contribution in [3.63, 3.8) is 0 Å². The molecular weight excluding hydrogens is 387 g/mol. The molecule has 1 aromatic carbocycles. The monoisotopic (exact) mass is 404 g/mol. The van der Waals surface area contributed by atoms with Crippen LogP contribution in [-0.2, 0) is 0 Å². The minimum atomic E-state index is -0.341. The molecule has 0 aliphatic carbocycles. The lowest BCUT2D eigenvalue weighted by molar-refractivity contribution is 0.398. The zero-order valence-electron chi connectivity index (χ0n) is 16.2. The van der Waals surface area contributed by atoms with Gasteiger partial charge in [-0.05, 0) is 25.1 Å². The predicted octanol–water partition coefficient (Wildman–Crippen LogP) is 3.41. The second kappa shape index (κ2) is 7.07. The van der Waals surface area contributed by atoms with Gasteiger partial charge in [0.05, 0.1) is 42.4 Å². The summed E-state index contributed by atoms with van der Waals surface area (Å²) < 4.78 is 21.0. The summed E-state index contributed by atoms with van der Waals surface area (Å²) in [5.41, 5.74) is 3.31. The van der Waals surface area contributed by atoms with Gasteiger partial charge in [0, 0.05) is 12.1 Å². The van der Waals surface area contributed by atoms with Gasteiger partial charge in [0.15, 0.2) is 11.5 Å². The molecular formula is C20H17FN8O. The highest BCUT2D eigenvalue weighted by molar-refractivity contribution is 5.82. The average molecular weight is 404 g/mol. The zero-order valence-corrected chi connectivity index (χ0v) is 16.2. The van der Waals surface area contributed by atoms with Crippen molar-refractivity contribution < 1.29 is 9.13 Å². The highest BCUT2D eigenvalue weighted by Crippen LogP contribution is 2.29. The third-order valence-electron chi connectivity index (χ3n) is 4.79. The topological polar surface area (TPSA) is 106 Å². The lowest BCUT2D eigenvalue weighted by atomic mass is 10.2. The maximum atomic E-state index is 14.0. The molecule has 0 radical (unpaired) electrons. The molecule has 0 aliphatic rings. The Balaban J connectivity index is 1.63. The number of benzene rings is 1. The first-order valence-corrected chi connectivity index (χ1v) is 9.23. The van der Waals surface area contributed by atoms with Crippen molar-refractivity contribution in [1.29, 1.82) is 0 Å². The van der Waals surface area contributed by atoms with Crippen molar-refractivity contribution >= 4 is 28.0 Å². The summed E-state index contributed by atoms with van der Waals surface area (Å²) in [7, 11) is 1.55. The number of fused-ring (bicyclic) bond motifs is 2. The van der Waals surface area contributed by atoms with Crippen LogP contribution in [0.4, 0.5) is 10.2 Å². The van der Waals surface area contributed by atoms with Crippen molar-refractivity contribution in [1.82, 2.24) is 34.5 Å². The Hall–Kier alpha value is -4.08. The van der Waals surface area contributed by atoms with Crippen molar-refractivity contribution in [2.75, 3.05) is 12.4 Å². The largest absolute Gasteiger partial charge is 0.481 e. The molecule has 0 saturated carbocycles. The summed E-state index contributed by atoms with van der Waals surface area (Å²) in [4.78, 5) is 24.7. The van der Waals surface area contributed by atoms with Gasteiger partial charge in [-0.15, -0.1) is 0 Å². The second-order valence-electron chi connectivity index (χ2n) is 6.69. The van der Waals surface area contributed by atoms with E-state index >= 15 is 0 Å². The standard InChI is InChI=1S/C20H17FN8O/c1-11(27-19-17-18(24-9-23-17)25-10-26-19)20-28-14-5-3-12(21)7-15(14)29(20)13-4-6-16(30-2)22-8-13/h3-11H,1-2H3,(H2,23,24,25,26,27). The van der Waals surface area contributed by atoms with Gasteiger partial charge < -0.3 is 15.0 Å². The average Bonchev–Trinajstić information content (AvgIpc) is 3.39. The first kappa shape index (κ1) is 18.0. The van der Waals surface area contributed by atoms with E-state index in [-0.39, 0.29) is 11.9 Å². The summed E-state index contributed by atoms with van der Waals surface area (Å²) >= 11 is 0. The number of methoxy groups -OCH3 is 1. The maximum absolute atomic E-state index is 14.0. The highest BCUT2D eigenvalue weighted by Gasteiger charge is 2.20. The summed E-state index contributed by atoms with van der Waals surface area (Å²) in [6.07, 6.45) is 4.69. The lowest BCUT2D eigenvalue weighted by Crippen LogP contribution is -2.14. The third-order valence-corrected chi connectivity index (χ3v) is 4.79. The molecule has 4 heterocycles. The summed E-state index contributed by atoms with van der Waals surface area (Å²) in [6.45, 7) is 1.95. The molecule has 5 rings (SSSR count). The molecule has 0 spiro atoms. The molecule has 0 aliphatic heterocycles. The van der Waals surface area contributed by atoms with Crippen LogP contribution < -0.4 is 10.1 Å². The molecule has 1 atom stereocenters. The van der Waals surface area contributed by atoms with E-state index in [4.69, 9.17) is 9.72 Å². The Morgan fingerprint density at radius 1 is 1.13 bits per heavy atom. The predicted molar refractivity (Wildman–Crippen MR) is 109 cm³/mol. The van der Waals surface area contributed by atoms with Crippen LogP contribution in [0.25, 0.3) is 27.9 Å². The fourth-order valence-corrected chi connectivity index (χ4v) is 3.39. The van der Waals surface area contributed by atoms with Gasteiger partial charge >= 0.3 is 0 Å². The van der Waals surface area contributed by atoms with Gasteiger partial charge in [0.25, 0.3) is 0 Å². The van der Waals surface area contributed by atoms with Gasteiger partial charge in [-0.25, -0.2) is 29.3 Å². The number of ether oxygens (including phenoxy) is 1. The Morgan fingerprint density at radius 2 is 2.03 bits per heavy atom. The number of hydrogen-bond donors (Lipinski definition) is 2. The number of nitrogens with one attached hydrogen (secondary N) is 2. The van der Waals surface area contributed by atoms with Crippen LogP contribution in [0.15, 0.2) is 49.2 Å². The van der Waals surface area contributed by atoms with Gasteiger partial charge in [-0.3, -0.25) is 4.57 Å². The number of anilines is 1. The summed E-state index contributed by atoms with van der Waals surface area (Å²) in [5, 5.41) is 3.34. The molecule has 150 valence electrons. The van der Waals surface area contributed by atoms with Crippen LogP contribution in [0.2, 0.25) is 0 Å². The summed E-state index contributed by atoms with van der Waals surface area (Å²) in [6, 6.07) is 7.83. The van der Waals surface area contributed by atoms with Crippen molar-refractivity contribution in [3.05, 3.63) is 60.8 Å². The quantitative estimate of drug-likeness (QED) is 0.462. The van der Waals surface area contributed by atoms with Gasteiger partial charge in [0.1, 0.15) is 23.5 Å². The van der Waals surface area contributed by atoms with Crippen molar-refractivity contribution in [3.8, 4) is 11.6 Å². The molecule has 0 bridgehead atoms. The van der Waals surface area contributed by atoms with Crippen LogP contribution in [0.1, 0.15) is 18.8 Å². The lowest BCUT2D eigenvalue weighted by Gasteiger charge is -2.17. The number of H-pyrrole nitrogens is 1. The molecule has 2 N–H and O–H groups in total. The Bertz CT molecular complexity index is 1340. The number of imidazole rings is 2. The maximum Gasteiger partial charge on any atom is 0.213 e. The van der Waals surface area contributed by atoms with Crippen LogP contribution in [0.3, 0.4) is 0 Å². The van der Waals surface area contributed by atoms with Gasteiger partial charge in [-0.2, -0.15) is 0 Å². The van der Waals surface area contributed by atoms with Crippen LogP contribution in [0, 0.1) is 5.82 Å². The van der Waals surface area contributed by atoms with E-state index in [1.807, 2.05) is 17.6 Å². The highest BCUT2D eigenvalue weighted by atomic mass is 19.1. The number of aromatic nitrogens is 7. The van der Waals surface area contributed by atoms with E-state index in [2.05, 4.69) is 30.2 Å². The number of nitrogens with zero attached hydrogens (tertiary/aromatic N) is 6. The Labute approximate surface area is 170 Å². The first-order valence-electron chi connectivity index (χ1n) is 9.23. The smallest absolute Gasteiger partial charge is 0.213 e. The number of rotatable bonds is 5. The first-order chi connectivity index (χ1) is 14.6. The van der Waals surface area contributed by atoms with Gasteiger partial charge in [-0.1, -0.05) is 0 Å². The third kappa shape index (κ3) is 2.98. The molecule has 4 aromatic heterocycles. The van der Waals surface area contributed by atoms with Crippen LogP contribution in [0.5, 0.6) is 5.88 Å². The molecule has 30 heavy (non-hydrogen) atoms. The van der Waals surface area contributed by atoms with E-state index in [1.165, 1.54) is 18.5 Å². The van der Waals surface area contributed by atoms with E-state index in [9.17, 15) is 4.39 Å². The number of hydrogen-bond acceptors (Lipinski definition) is 7. The number of pyridine rings is 1. The fraction of sp³-hybridized carbons (Fsp3) is 0.150. The van der Waals surface area contributed by atoms with Crippen molar-refractivity contribution in [2.24, 2.45) is 0 Å². The Morgan fingerprint density at radius 3 is 2.83 bits per heavy atom. The molecule has 0 amide bonds. The molecule has 10 heteroatoms. The molecule has 0 saturated heterocycles. The fourth-order valence-electron chi connectivity index (χ4n) is 3.39. The minimum Gasteiger partial charge on any atom is -0.481 e. The molecule has 5 aromatic rings. The number of aromatic amines is 1. The Kier molecular flexibility index (Phi) is 4.24. The van der Waals surface area contributed by atoms with E-state index in [0.717, 1.165) is 5.69 Å². The van der Waals surface area contributed by atoms with Gasteiger partial charge in [0.2, 0.25) is 5.88 Å². The normalized spacial score (nSPS) is 12.4. The SMILES string of the molecule is COc1ccc(-n2c(C(C)Nc3ncnc4[nH]cnc34)nc3ccc(F)cc32)cn1. The van der Waals surface area contributed by atoms with Crippen molar-refractivity contribution in [2.45, 2.75) is 13.0 Å². The molecule has 9 nitrogen and oxygen atoms in total.